The van der Waals surface area contributed by atoms with Gasteiger partial charge in [0.2, 0.25) is 0 Å². The number of para-hydroxylation sites is 1. The number of allylic oxidation sites excluding steroid dienone is 1. The monoisotopic (exact) mass is 530 g/mol. The number of carbonyl (C=O) groups is 1. The summed E-state index contributed by atoms with van der Waals surface area (Å²) in [5.41, 5.74) is 1.93. The summed E-state index contributed by atoms with van der Waals surface area (Å²) < 4.78 is 13.4. The fraction of sp³-hybridized carbons (Fsp3) is 0.269. The van der Waals surface area contributed by atoms with Gasteiger partial charge in [-0.15, -0.1) is 0 Å². The van der Waals surface area contributed by atoms with Gasteiger partial charge < -0.3 is 9.47 Å². The van der Waals surface area contributed by atoms with E-state index in [4.69, 9.17) is 32.7 Å². The van der Waals surface area contributed by atoms with E-state index in [1.165, 1.54) is 15.9 Å². The molecule has 0 spiro atoms. The van der Waals surface area contributed by atoms with Gasteiger partial charge >= 0.3 is 5.97 Å². The van der Waals surface area contributed by atoms with Crippen molar-refractivity contribution >= 4 is 46.6 Å². The van der Waals surface area contributed by atoms with Crippen LogP contribution in [0, 0.1) is 0 Å². The van der Waals surface area contributed by atoms with Crippen LogP contribution in [-0.2, 0) is 9.53 Å². The summed E-state index contributed by atoms with van der Waals surface area (Å²) in [7, 11) is 0. The molecule has 6 nitrogen and oxygen atoms in total. The Labute approximate surface area is 216 Å². The van der Waals surface area contributed by atoms with Crippen LogP contribution < -0.4 is 19.6 Å². The number of fused-ring (bicyclic) bond motifs is 1. The van der Waals surface area contributed by atoms with E-state index in [1.54, 1.807) is 38.1 Å². The van der Waals surface area contributed by atoms with Gasteiger partial charge in [0, 0.05) is 5.56 Å². The topological polar surface area (TPSA) is 69.9 Å². The lowest BCUT2D eigenvalue weighted by atomic mass is 9.95. The van der Waals surface area contributed by atoms with Crippen molar-refractivity contribution in [3.8, 4) is 5.75 Å². The molecule has 1 aromatic heterocycles. The number of esters is 1. The second-order valence-corrected chi connectivity index (χ2v) is 10.0. The molecule has 0 fully saturated rings. The van der Waals surface area contributed by atoms with Gasteiger partial charge in [0.1, 0.15) is 11.8 Å². The molecule has 0 N–H and O–H groups in total. The second-order valence-electron chi connectivity index (χ2n) is 8.18. The zero-order valence-corrected chi connectivity index (χ0v) is 22.0. The number of hydrogen-bond donors (Lipinski definition) is 0. The highest BCUT2D eigenvalue weighted by atomic mass is 35.5. The van der Waals surface area contributed by atoms with Gasteiger partial charge in [-0.3, -0.25) is 9.36 Å². The Morgan fingerprint density at radius 2 is 1.94 bits per heavy atom. The Hall–Kier alpha value is -2.87. The van der Waals surface area contributed by atoms with Crippen molar-refractivity contribution < 1.29 is 14.3 Å². The Morgan fingerprint density at radius 1 is 1.20 bits per heavy atom. The van der Waals surface area contributed by atoms with E-state index >= 15 is 0 Å². The van der Waals surface area contributed by atoms with Crippen molar-refractivity contribution in [1.82, 2.24) is 4.57 Å². The molecule has 182 valence electrons. The molecule has 0 aliphatic carbocycles. The van der Waals surface area contributed by atoms with Crippen molar-refractivity contribution in [2.45, 2.75) is 39.8 Å². The predicted octanol–water partition coefficient (Wildman–Crippen LogP) is 4.89. The SMILES string of the molecule is CCOC(=O)C1=C(C)N=c2s/c(=C/c3ccc(Cl)c(Cl)c3)c(=O)n2[C@@H]1c1ccccc1OC(C)C. The molecule has 2 heterocycles. The number of halogens is 2. The fourth-order valence-electron chi connectivity index (χ4n) is 3.91. The first kappa shape index (κ1) is 25.2. The summed E-state index contributed by atoms with van der Waals surface area (Å²) in [6.45, 7) is 7.54. The lowest BCUT2D eigenvalue weighted by Gasteiger charge is -2.26. The van der Waals surface area contributed by atoms with E-state index in [2.05, 4.69) is 4.99 Å². The summed E-state index contributed by atoms with van der Waals surface area (Å²) in [4.78, 5) is 31.9. The number of thiazole rings is 1. The minimum absolute atomic E-state index is 0.0993. The van der Waals surface area contributed by atoms with E-state index in [0.29, 0.717) is 42.0 Å². The number of carbonyl (C=O) groups excluding carboxylic acids is 1. The molecule has 0 amide bonds. The van der Waals surface area contributed by atoms with Crippen molar-refractivity contribution in [2.75, 3.05) is 6.61 Å². The van der Waals surface area contributed by atoms with Crippen LogP contribution in [-0.4, -0.2) is 23.2 Å². The standard InChI is InChI=1S/C26H24Cl2N2O4S/c1-5-33-25(32)22-15(4)29-26-30(23(22)17-8-6-7-9-20(17)34-14(2)3)24(31)21(35-26)13-16-10-11-18(27)19(28)12-16/h6-14,23H,5H2,1-4H3/b21-13+/t23-/m1/s1. The maximum Gasteiger partial charge on any atom is 0.338 e. The minimum atomic E-state index is -0.754. The smallest absolute Gasteiger partial charge is 0.338 e. The van der Waals surface area contributed by atoms with Crippen LogP contribution in [0.5, 0.6) is 5.75 Å². The molecule has 3 aromatic rings. The van der Waals surface area contributed by atoms with Gasteiger partial charge in [-0.2, -0.15) is 0 Å². The lowest BCUT2D eigenvalue weighted by Crippen LogP contribution is -2.40. The fourth-order valence-corrected chi connectivity index (χ4v) is 5.26. The lowest BCUT2D eigenvalue weighted by molar-refractivity contribution is -0.139. The average Bonchev–Trinajstić information content (AvgIpc) is 3.10. The molecule has 1 atom stereocenters. The van der Waals surface area contributed by atoms with E-state index in [9.17, 15) is 9.59 Å². The molecule has 9 heteroatoms. The van der Waals surface area contributed by atoms with Crippen LogP contribution in [0.25, 0.3) is 6.08 Å². The number of nitrogens with zero attached hydrogens (tertiary/aromatic N) is 2. The highest BCUT2D eigenvalue weighted by Crippen LogP contribution is 2.36. The molecule has 0 saturated carbocycles. The van der Waals surface area contributed by atoms with Crippen LogP contribution in [0.2, 0.25) is 10.0 Å². The number of benzene rings is 2. The van der Waals surface area contributed by atoms with Gasteiger partial charge in [0.25, 0.3) is 5.56 Å². The van der Waals surface area contributed by atoms with Gasteiger partial charge in [-0.05, 0) is 57.5 Å². The molecule has 0 saturated heterocycles. The maximum atomic E-state index is 13.7. The van der Waals surface area contributed by atoms with Crippen LogP contribution >= 0.6 is 34.5 Å². The highest BCUT2D eigenvalue weighted by molar-refractivity contribution is 7.07. The minimum Gasteiger partial charge on any atom is -0.491 e. The number of hydrogen-bond acceptors (Lipinski definition) is 6. The highest BCUT2D eigenvalue weighted by Gasteiger charge is 2.35. The summed E-state index contributed by atoms with van der Waals surface area (Å²) >= 11 is 13.4. The molecule has 2 aromatic carbocycles. The molecule has 4 rings (SSSR count). The van der Waals surface area contributed by atoms with Gasteiger partial charge in [0.05, 0.1) is 38.6 Å². The third-order valence-electron chi connectivity index (χ3n) is 5.33. The Kier molecular flexibility index (Phi) is 7.50. The first-order chi connectivity index (χ1) is 16.7. The molecular weight excluding hydrogens is 507 g/mol. The normalized spacial score (nSPS) is 15.7. The summed E-state index contributed by atoms with van der Waals surface area (Å²) in [5, 5.41) is 0.827. The van der Waals surface area contributed by atoms with Gasteiger partial charge in [-0.25, -0.2) is 9.79 Å². The largest absolute Gasteiger partial charge is 0.491 e. The van der Waals surface area contributed by atoms with Crippen molar-refractivity contribution in [3.63, 3.8) is 0 Å². The summed E-state index contributed by atoms with van der Waals surface area (Å²) in [6, 6.07) is 11.8. The van der Waals surface area contributed by atoms with Crippen molar-refractivity contribution in [2.24, 2.45) is 4.99 Å². The number of ether oxygens (including phenoxy) is 2. The molecule has 0 bridgehead atoms. The zero-order chi connectivity index (χ0) is 25.3. The molecule has 1 aliphatic rings. The third-order valence-corrected chi connectivity index (χ3v) is 7.06. The van der Waals surface area contributed by atoms with Crippen LogP contribution in [0.15, 0.2) is 63.5 Å². The third kappa shape index (κ3) is 5.08. The van der Waals surface area contributed by atoms with Crippen LogP contribution in [0.1, 0.15) is 44.9 Å². The Balaban J connectivity index is 1.98. The van der Waals surface area contributed by atoms with E-state index in [0.717, 1.165) is 5.56 Å². The number of aromatic nitrogens is 1. The molecule has 0 radical (unpaired) electrons. The van der Waals surface area contributed by atoms with Crippen LogP contribution in [0.4, 0.5) is 0 Å². The number of rotatable bonds is 6. The van der Waals surface area contributed by atoms with E-state index in [-0.39, 0.29) is 18.3 Å². The van der Waals surface area contributed by atoms with E-state index < -0.39 is 12.0 Å². The quantitative estimate of drug-likeness (QED) is 0.425. The summed E-state index contributed by atoms with van der Waals surface area (Å²) in [5.74, 6) is 0.0694. The molecule has 0 unspecified atom stereocenters. The first-order valence-electron chi connectivity index (χ1n) is 11.1. The Bertz CT molecular complexity index is 1500. The van der Waals surface area contributed by atoms with Crippen molar-refractivity contribution in [3.05, 3.63) is 94.6 Å². The molecular formula is C26H24Cl2N2O4S. The summed E-state index contributed by atoms with van der Waals surface area (Å²) in [6.07, 6.45) is 1.64. The second kappa shape index (κ2) is 10.4. The molecule has 1 aliphatic heterocycles. The average molecular weight is 531 g/mol. The Morgan fingerprint density at radius 3 is 2.63 bits per heavy atom. The zero-order valence-electron chi connectivity index (χ0n) is 19.7. The first-order valence-corrected chi connectivity index (χ1v) is 12.7. The van der Waals surface area contributed by atoms with Gasteiger partial charge in [0.15, 0.2) is 4.80 Å². The van der Waals surface area contributed by atoms with Crippen molar-refractivity contribution in [1.29, 1.82) is 0 Å². The van der Waals surface area contributed by atoms with Gasteiger partial charge in [-0.1, -0.05) is 58.8 Å². The molecule has 35 heavy (non-hydrogen) atoms. The predicted molar refractivity (Wildman–Crippen MR) is 139 cm³/mol. The van der Waals surface area contributed by atoms with Crippen LogP contribution in [0.3, 0.4) is 0 Å². The van der Waals surface area contributed by atoms with E-state index in [1.807, 2.05) is 38.1 Å². The maximum absolute atomic E-state index is 13.7.